The molecule has 0 spiro atoms. The summed E-state index contributed by atoms with van der Waals surface area (Å²) in [6, 6.07) is 0. The molecule has 1 aliphatic carbocycles. The fourth-order valence-corrected chi connectivity index (χ4v) is 2.31. The lowest BCUT2D eigenvalue weighted by atomic mass is 9.71. The van der Waals surface area contributed by atoms with Crippen LogP contribution in [0.15, 0.2) is 11.8 Å². The zero-order chi connectivity index (χ0) is 9.73. The highest BCUT2D eigenvalue weighted by Crippen LogP contribution is 2.41. The van der Waals surface area contributed by atoms with Crippen molar-refractivity contribution in [3.63, 3.8) is 0 Å². The van der Waals surface area contributed by atoms with Gasteiger partial charge in [-0.15, -0.1) is 0 Å². The van der Waals surface area contributed by atoms with Crippen molar-refractivity contribution in [2.75, 3.05) is 6.61 Å². The molecule has 0 amide bonds. The van der Waals surface area contributed by atoms with Crippen molar-refractivity contribution in [1.82, 2.24) is 0 Å². The van der Waals surface area contributed by atoms with Crippen LogP contribution in [-0.4, -0.2) is 11.7 Å². The van der Waals surface area contributed by atoms with Gasteiger partial charge in [-0.05, 0) is 37.5 Å². The molecule has 0 heterocycles. The largest absolute Gasteiger partial charge is 0.402 e. The lowest BCUT2D eigenvalue weighted by Crippen LogP contribution is -2.25. The molecule has 0 aliphatic heterocycles. The first-order chi connectivity index (χ1) is 6.22. The van der Waals surface area contributed by atoms with Crippen LogP contribution in [0.1, 0.15) is 45.4 Å². The predicted octanol–water partition coefficient (Wildman–Crippen LogP) is 2.18. The summed E-state index contributed by atoms with van der Waals surface area (Å²) in [7, 11) is 0. The lowest BCUT2D eigenvalue weighted by Gasteiger charge is -2.35. The van der Waals surface area contributed by atoms with Crippen LogP contribution in [-0.2, 0) is 0 Å². The van der Waals surface area contributed by atoms with Crippen LogP contribution in [0.4, 0.5) is 0 Å². The average Bonchev–Trinajstić information content (AvgIpc) is 2.11. The Balaban J connectivity index is 2.58. The number of aliphatic hydroxyl groups excluding tert-OH is 1. The fraction of sp³-hybridized carbons (Fsp3) is 0.818. The fourth-order valence-electron chi connectivity index (χ4n) is 2.31. The summed E-state index contributed by atoms with van der Waals surface area (Å²) in [4.78, 5) is 0. The predicted molar refractivity (Wildman–Crippen MR) is 55.2 cm³/mol. The van der Waals surface area contributed by atoms with Crippen molar-refractivity contribution in [3.05, 3.63) is 11.8 Å². The van der Waals surface area contributed by atoms with Gasteiger partial charge in [-0.2, -0.15) is 0 Å². The first-order valence-electron chi connectivity index (χ1n) is 5.28. The highest BCUT2D eigenvalue weighted by Gasteiger charge is 2.29. The quantitative estimate of drug-likeness (QED) is 0.701. The van der Waals surface area contributed by atoms with Gasteiger partial charge in [0.2, 0.25) is 0 Å². The second-order valence-electron chi connectivity index (χ2n) is 4.21. The van der Waals surface area contributed by atoms with E-state index in [-0.39, 0.29) is 0 Å². The van der Waals surface area contributed by atoms with Gasteiger partial charge in [0.15, 0.2) is 0 Å². The van der Waals surface area contributed by atoms with E-state index in [2.05, 4.69) is 13.0 Å². The standard InChI is InChI=1S/C11H21NO/c1-2-5-11(8-9-13)6-3-10(12)4-7-11/h3,13H,2,4-9,12H2,1H3. The monoisotopic (exact) mass is 183 g/mol. The maximum absolute atomic E-state index is 9.02. The smallest absolute Gasteiger partial charge is 0.0436 e. The molecule has 1 rings (SSSR count). The van der Waals surface area contributed by atoms with Gasteiger partial charge in [-0.1, -0.05) is 19.4 Å². The Labute approximate surface area is 80.8 Å². The first kappa shape index (κ1) is 10.6. The minimum absolute atomic E-state index is 0.313. The Morgan fingerprint density at radius 1 is 1.54 bits per heavy atom. The molecule has 76 valence electrons. The summed E-state index contributed by atoms with van der Waals surface area (Å²) in [5.41, 5.74) is 7.13. The Kier molecular flexibility index (Phi) is 3.79. The molecule has 0 saturated heterocycles. The van der Waals surface area contributed by atoms with E-state index in [4.69, 9.17) is 10.8 Å². The minimum atomic E-state index is 0.313. The van der Waals surface area contributed by atoms with E-state index >= 15 is 0 Å². The Hall–Kier alpha value is -0.500. The number of rotatable bonds is 4. The first-order valence-corrected chi connectivity index (χ1v) is 5.28. The van der Waals surface area contributed by atoms with Crippen molar-refractivity contribution in [2.24, 2.45) is 11.1 Å². The molecule has 3 N–H and O–H groups in total. The molecule has 0 aromatic rings. The Bertz CT molecular complexity index is 181. The van der Waals surface area contributed by atoms with Crippen LogP contribution in [0.5, 0.6) is 0 Å². The van der Waals surface area contributed by atoms with E-state index in [0.717, 1.165) is 31.4 Å². The van der Waals surface area contributed by atoms with E-state index in [1.807, 2.05) is 0 Å². The molecule has 0 fully saturated rings. The Morgan fingerprint density at radius 2 is 2.31 bits per heavy atom. The van der Waals surface area contributed by atoms with Crippen LogP contribution in [0, 0.1) is 5.41 Å². The summed E-state index contributed by atoms with van der Waals surface area (Å²) in [6.45, 7) is 2.52. The van der Waals surface area contributed by atoms with E-state index in [9.17, 15) is 0 Å². The van der Waals surface area contributed by atoms with Gasteiger partial charge in [0.1, 0.15) is 0 Å². The van der Waals surface area contributed by atoms with Crippen molar-refractivity contribution in [1.29, 1.82) is 0 Å². The van der Waals surface area contributed by atoms with Gasteiger partial charge >= 0.3 is 0 Å². The van der Waals surface area contributed by atoms with E-state index < -0.39 is 0 Å². The average molecular weight is 183 g/mol. The highest BCUT2D eigenvalue weighted by molar-refractivity contribution is 5.05. The van der Waals surface area contributed by atoms with Gasteiger partial charge in [-0.25, -0.2) is 0 Å². The van der Waals surface area contributed by atoms with Gasteiger partial charge in [-0.3, -0.25) is 0 Å². The van der Waals surface area contributed by atoms with Crippen molar-refractivity contribution < 1.29 is 5.11 Å². The number of hydrogen-bond donors (Lipinski definition) is 2. The molecule has 1 aliphatic rings. The van der Waals surface area contributed by atoms with Gasteiger partial charge in [0, 0.05) is 12.3 Å². The van der Waals surface area contributed by atoms with Gasteiger partial charge < -0.3 is 10.8 Å². The topological polar surface area (TPSA) is 46.2 Å². The van der Waals surface area contributed by atoms with Gasteiger partial charge in [0.05, 0.1) is 0 Å². The number of allylic oxidation sites excluding steroid dienone is 2. The van der Waals surface area contributed by atoms with Crippen molar-refractivity contribution in [3.8, 4) is 0 Å². The highest BCUT2D eigenvalue weighted by atomic mass is 16.3. The molecule has 0 aromatic heterocycles. The Morgan fingerprint density at radius 3 is 2.77 bits per heavy atom. The third-order valence-electron chi connectivity index (χ3n) is 3.16. The molecule has 13 heavy (non-hydrogen) atoms. The third kappa shape index (κ3) is 2.73. The van der Waals surface area contributed by atoms with Crippen LogP contribution < -0.4 is 5.73 Å². The van der Waals surface area contributed by atoms with E-state index in [1.54, 1.807) is 0 Å². The van der Waals surface area contributed by atoms with Crippen LogP contribution in [0.3, 0.4) is 0 Å². The normalized spacial score (nSPS) is 28.6. The number of hydrogen-bond acceptors (Lipinski definition) is 2. The molecule has 0 saturated carbocycles. The van der Waals surface area contributed by atoms with E-state index in [0.29, 0.717) is 12.0 Å². The molecule has 0 aromatic carbocycles. The van der Waals surface area contributed by atoms with Crippen LogP contribution in [0.25, 0.3) is 0 Å². The molecule has 0 bridgehead atoms. The minimum Gasteiger partial charge on any atom is -0.402 e. The molecule has 2 heteroatoms. The summed E-state index contributed by atoms with van der Waals surface area (Å²) in [5, 5.41) is 9.02. The molecular formula is C11H21NO. The zero-order valence-corrected chi connectivity index (χ0v) is 8.55. The maximum atomic E-state index is 9.02. The summed E-state index contributed by atoms with van der Waals surface area (Å²) < 4.78 is 0. The number of nitrogens with two attached hydrogens (primary N) is 1. The third-order valence-corrected chi connectivity index (χ3v) is 3.16. The van der Waals surface area contributed by atoms with Crippen molar-refractivity contribution in [2.45, 2.75) is 45.4 Å². The van der Waals surface area contributed by atoms with Gasteiger partial charge in [0.25, 0.3) is 0 Å². The van der Waals surface area contributed by atoms with Crippen LogP contribution >= 0.6 is 0 Å². The zero-order valence-electron chi connectivity index (χ0n) is 8.55. The molecular weight excluding hydrogens is 162 g/mol. The summed E-state index contributed by atoms with van der Waals surface area (Å²) in [6.07, 6.45) is 8.74. The molecule has 1 unspecified atom stereocenters. The number of aliphatic hydroxyl groups is 1. The summed E-state index contributed by atoms with van der Waals surface area (Å²) >= 11 is 0. The van der Waals surface area contributed by atoms with Crippen LogP contribution in [0.2, 0.25) is 0 Å². The molecule has 2 nitrogen and oxygen atoms in total. The second-order valence-corrected chi connectivity index (χ2v) is 4.21. The second kappa shape index (κ2) is 4.66. The van der Waals surface area contributed by atoms with Crippen molar-refractivity contribution >= 4 is 0 Å². The SMILES string of the molecule is CCCC1(CCO)CC=C(N)CC1. The van der Waals surface area contributed by atoms with E-state index in [1.165, 1.54) is 12.8 Å². The lowest BCUT2D eigenvalue weighted by molar-refractivity contribution is 0.151. The molecule has 0 radical (unpaired) electrons. The molecule has 1 atom stereocenters. The maximum Gasteiger partial charge on any atom is 0.0436 e. The summed E-state index contributed by atoms with van der Waals surface area (Å²) in [5.74, 6) is 0.